The van der Waals surface area contributed by atoms with Gasteiger partial charge in [-0.1, -0.05) is 56.9 Å². The highest BCUT2D eigenvalue weighted by Crippen LogP contribution is 2.18. The van der Waals surface area contributed by atoms with E-state index >= 15 is 0 Å². The van der Waals surface area contributed by atoms with Gasteiger partial charge in [0.2, 0.25) is 0 Å². The third kappa shape index (κ3) is 6.82. The van der Waals surface area contributed by atoms with Gasteiger partial charge in [0.25, 0.3) is 0 Å². The highest BCUT2D eigenvalue weighted by molar-refractivity contribution is 5.67. The van der Waals surface area contributed by atoms with Crippen molar-refractivity contribution < 1.29 is 14.0 Å². The van der Waals surface area contributed by atoms with Crippen LogP contribution in [0.15, 0.2) is 12.3 Å². The lowest BCUT2D eigenvalue weighted by Gasteiger charge is -2.24. The smallest absolute Gasteiger partial charge is 0.431 e. The zero-order valence-corrected chi connectivity index (χ0v) is 13.4. The van der Waals surface area contributed by atoms with E-state index in [2.05, 4.69) is 13.8 Å². The van der Waals surface area contributed by atoms with E-state index in [9.17, 15) is 9.28 Å². The van der Waals surface area contributed by atoms with Crippen LogP contribution >= 0.6 is 0 Å². The molecular weight excluding hydrogens is 271 g/mol. The minimum Gasteiger partial charge on any atom is -0.445 e. The normalized spacial score (nSPS) is 15.6. The van der Waals surface area contributed by atoms with E-state index in [-0.39, 0.29) is 12.6 Å². The van der Waals surface area contributed by atoms with Crippen LogP contribution in [0.25, 0.3) is 0 Å². The molecule has 0 aromatic heterocycles. The van der Waals surface area contributed by atoms with Crippen LogP contribution in [0.1, 0.15) is 71.6 Å². The van der Waals surface area contributed by atoms with Gasteiger partial charge >= 0.3 is 6.09 Å². The first-order chi connectivity index (χ1) is 10.2. The average molecular weight is 300 g/mol. The van der Waals surface area contributed by atoms with Gasteiger partial charge in [0.05, 0.1) is 12.7 Å². The Labute approximate surface area is 127 Å². The zero-order chi connectivity index (χ0) is 15.5. The number of carbonyl (C=O) groups is 1. The van der Waals surface area contributed by atoms with Crippen LogP contribution in [0.4, 0.5) is 9.28 Å². The highest BCUT2D eigenvalue weighted by atomic mass is 19.2. The molecule has 0 aromatic rings. The monoisotopic (exact) mass is 300 g/mol. The molecule has 0 aromatic carbocycles. The summed E-state index contributed by atoms with van der Waals surface area (Å²) in [6.45, 7) is 4.55. The van der Waals surface area contributed by atoms with Gasteiger partial charge in [-0.25, -0.2) is 4.79 Å². The number of carbonyl (C=O) groups excluding carboxylic acids is 1. The number of hydrogen-bond donors (Lipinski definition) is 0. The average Bonchev–Trinajstić information content (AvgIpc) is 2.90. The molecular formula is C16H29FN2O2. The molecule has 21 heavy (non-hydrogen) atoms. The number of hydrogen-bond acceptors (Lipinski definition) is 3. The van der Waals surface area contributed by atoms with Crippen molar-refractivity contribution >= 4 is 6.09 Å². The quantitative estimate of drug-likeness (QED) is 0.421. The lowest BCUT2D eigenvalue weighted by Crippen LogP contribution is -2.38. The summed E-state index contributed by atoms with van der Waals surface area (Å²) in [6, 6.07) is 0. The molecule has 1 aliphatic rings. The Bertz CT molecular complexity index is 323. The maximum Gasteiger partial charge on any atom is 0.431 e. The van der Waals surface area contributed by atoms with Crippen molar-refractivity contribution in [1.29, 1.82) is 0 Å². The summed E-state index contributed by atoms with van der Waals surface area (Å²) in [5.74, 6) is 0. The minimum absolute atomic E-state index is 0.0897. The molecule has 1 unspecified atom stereocenters. The number of unbranched alkanes of at least 4 members (excludes halogenated alkanes) is 5. The second-order valence-electron chi connectivity index (χ2n) is 5.61. The third-order valence-electron chi connectivity index (χ3n) is 3.72. The first-order valence-corrected chi connectivity index (χ1v) is 8.28. The Balaban J connectivity index is 2.32. The molecule has 5 heteroatoms. The molecule has 122 valence electrons. The van der Waals surface area contributed by atoms with E-state index in [0.717, 1.165) is 37.1 Å². The van der Waals surface area contributed by atoms with Crippen LogP contribution in [-0.2, 0) is 4.74 Å². The molecule has 0 aliphatic carbocycles. The van der Waals surface area contributed by atoms with E-state index in [1.807, 2.05) is 0 Å². The van der Waals surface area contributed by atoms with E-state index in [1.54, 1.807) is 6.08 Å². The summed E-state index contributed by atoms with van der Waals surface area (Å²) in [6.07, 6.45) is 12.0. The van der Waals surface area contributed by atoms with Gasteiger partial charge in [0, 0.05) is 0 Å². The van der Waals surface area contributed by atoms with Crippen molar-refractivity contribution in [3.8, 4) is 0 Å². The topological polar surface area (TPSA) is 32.8 Å². The molecule has 0 saturated carbocycles. The summed E-state index contributed by atoms with van der Waals surface area (Å²) in [5.41, 5.74) is 0. The van der Waals surface area contributed by atoms with Crippen LogP contribution in [0.3, 0.4) is 0 Å². The molecule has 1 aliphatic heterocycles. The van der Waals surface area contributed by atoms with Gasteiger partial charge in [0.1, 0.15) is 6.10 Å². The van der Waals surface area contributed by atoms with Crippen molar-refractivity contribution in [2.24, 2.45) is 0 Å². The first-order valence-electron chi connectivity index (χ1n) is 8.28. The van der Waals surface area contributed by atoms with Crippen LogP contribution in [0.2, 0.25) is 0 Å². The second-order valence-corrected chi connectivity index (χ2v) is 5.61. The fourth-order valence-corrected chi connectivity index (χ4v) is 2.42. The van der Waals surface area contributed by atoms with Crippen molar-refractivity contribution in [3.63, 3.8) is 0 Å². The Morgan fingerprint density at radius 2 is 1.81 bits per heavy atom. The Morgan fingerprint density at radius 3 is 2.43 bits per heavy atom. The molecule has 0 spiro atoms. The SMILES string of the molecule is CCCCCCCC(CCCC)OC(=O)N1CC=CN1F. The van der Waals surface area contributed by atoms with E-state index in [4.69, 9.17) is 4.74 Å². The number of amides is 1. The number of rotatable bonds is 10. The number of ether oxygens (including phenoxy) is 1. The Hall–Kier alpha value is -1.26. The molecule has 1 amide bonds. The van der Waals surface area contributed by atoms with Gasteiger partial charge in [0.15, 0.2) is 0 Å². The molecule has 1 rings (SSSR count). The van der Waals surface area contributed by atoms with Crippen molar-refractivity contribution in [2.75, 3.05) is 6.54 Å². The van der Waals surface area contributed by atoms with Crippen LogP contribution in [0.5, 0.6) is 0 Å². The van der Waals surface area contributed by atoms with E-state index in [0.29, 0.717) is 5.23 Å². The van der Waals surface area contributed by atoms with Gasteiger partial charge in [-0.3, -0.25) is 0 Å². The summed E-state index contributed by atoms with van der Waals surface area (Å²) in [4.78, 5) is 11.9. The van der Waals surface area contributed by atoms with Crippen LogP contribution in [0, 0.1) is 0 Å². The molecule has 0 saturated heterocycles. The molecule has 4 nitrogen and oxygen atoms in total. The maximum absolute atomic E-state index is 13.3. The lowest BCUT2D eigenvalue weighted by molar-refractivity contribution is -0.0997. The van der Waals surface area contributed by atoms with Crippen LogP contribution in [-0.4, -0.2) is 29.0 Å². The molecule has 1 atom stereocenters. The fraction of sp³-hybridized carbons (Fsp3) is 0.812. The van der Waals surface area contributed by atoms with E-state index in [1.165, 1.54) is 31.9 Å². The lowest BCUT2D eigenvalue weighted by atomic mass is 10.0. The molecule has 0 N–H and O–H groups in total. The fourth-order valence-electron chi connectivity index (χ4n) is 2.42. The summed E-state index contributed by atoms with van der Waals surface area (Å²) in [5, 5.41) is 1.26. The second kappa shape index (κ2) is 10.5. The van der Waals surface area contributed by atoms with Crippen molar-refractivity contribution in [1.82, 2.24) is 10.2 Å². The first kappa shape index (κ1) is 17.8. The maximum atomic E-state index is 13.3. The van der Waals surface area contributed by atoms with Crippen molar-refractivity contribution in [2.45, 2.75) is 77.7 Å². The zero-order valence-electron chi connectivity index (χ0n) is 13.4. The minimum atomic E-state index is -0.586. The van der Waals surface area contributed by atoms with Crippen molar-refractivity contribution in [3.05, 3.63) is 12.3 Å². The Morgan fingerprint density at radius 1 is 1.14 bits per heavy atom. The standard InChI is InChI=1S/C16H29FN2O2/c1-3-5-7-8-9-12-15(11-6-4-2)21-16(20)18-13-10-14-19(18)17/h10,14-15H,3-9,11-13H2,1-2H3. The third-order valence-corrected chi connectivity index (χ3v) is 3.72. The number of halogens is 1. The van der Waals surface area contributed by atoms with Crippen LogP contribution < -0.4 is 0 Å². The molecule has 0 radical (unpaired) electrons. The van der Waals surface area contributed by atoms with Gasteiger partial charge in [-0.15, -0.1) is 5.23 Å². The van der Waals surface area contributed by atoms with Gasteiger partial charge in [-0.2, -0.15) is 5.01 Å². The molecule has 0 fully saturated rings. The highest BCUT2D eigenvalue weighted by Gasteiger charge is 2.26. The number of nitrogens with zero attached hydrogens (tertiary/aromatic N) is 2. The summed E-state index contributed by atoms with van der Waals surface area (Å²) >= 11 is 0. The molecule has 1 heterocycles. The van der Waals surface area contributed by atoms with Gasteiger partial charge < -0.3 is 4.74 Å². The predicted octanol–water partition coefficient (Wildman–Crippen LogP) is 4.97. The summed E-state index contributed by atoms with van der Waals surface area (Å²) < 4.78 is 18.8. The predicted molar refractivity (Wildman–Crippen MR) is 82.0 cm³/mol. The number of hydrazine groups is 1. The van der Waals surface area contributed by atoms with E-state index < -0.39 is 6.09 Å². The molecule has 0 bridgehead atoms. The van der Waals surface area contributed by atoms with Gasteiger partial charge in [-0.05, 0) is 25.3 Å². The Kier molecular flexibility index (Phi) is 8.87. The largest absolute Gasteiger partial charge is 0.445 e. The summed E-state index contributed by atoms with van der Waals surface area (Å²) in [7, 11) is 0.